The van der Waals surface area contributed by atoms with Crippen molar-refractivity contribution in [3.05, 3.63) is 35.9 Å². The number of hydrogen-bond acceptors (Lipinski definition) is 4. The van der Waals surface area contributed by atoms with E-state index in [1.54, 1.807) is 31.2 Å². The molecule has 0 bridgehead atoms. The zero-order valence-corrected chi connectivity index (χ0v) is 13.4. The zero-order chi connectivity index (χ0) is 16.7. The van der Waals surface area contributed by atoms with Crippen LogP contribution in [0.4, 0.5) is 0 Å². The van der Waals surface area contributed by atoms with E-state index in [1.807, 2.05) is 6.07 Å². The number of hydrogen-bond donors (Lipinski definition) is 1. The minimum absolute atomic E-state index is 0.0191. The second-order valence-electron chi connectivity index (χ2n) is 5.91. The van der Waals surface area contributed by atoms with Gasteiger partial charge < -0.3 is 10.1 Å². The predicted octanol–water partition coefficient (Wildman–Crippen LogP) is 2.64. The second kappa shape index (κ2) is 8.46. The fourth-order valence-electron chi connectivity index (χ4n) is 2.68. The van der Waals surface area contributed by atoms with E-state index in [-0.39, 0.29) is 30.6 Å². The number of amides is 1. The fourth-order valence-corrected chi connectivity index (χ4v) is 2.68. The van der Waals surface area contributed by atoms with E-state index < -0.39 is 12.1 Å². The van der Waals surface area contributed by atoms with E-state index >= 15 is 0 Å². The van der Waals surface area contributed by atoms with Crippen LogP contribution in [0.3, 0.4) is 0 Å². The zero-order valence-electron chi connectivity index (χ0n) is 13.4. The molecule has 23 heavy (non-hydrogen) atoms. The average Bonchev–Trinajstić information content (AvgIpc) is 3.06. The third-order valence-electron chi connectivity index (χ3n) is 4.03. The average molecular weight is 317 g/mol. The highest BCUT2D eigenvalue weighted by atomic mass is 16.5. The lowest BCUT2D eigenvalue weighted by atomic mass is 10.1. The quantitative estimate of drug-likeness (QED) is 0.620. The highest BCUT2D eigenvalue weighted by Gasteiger charge is 2.23. The van der Waals surface area contributed by atoms with Crippen LogP contribution in [0.25, 0.3) is 0 Å². The minimum atomic E-state index is -0.824. The van der Waals surface area contributed by atoms with E-state index in [0.29, 0.717) is 5.56 Å². The molecule has 2 rings (SSSR count). The molecule has 5 nitrogen and oxygen atoms in total. The Bertz CT molecular complexity index is 549. The number of esters is 1. The molecule has 0 aromatic heterocycles. The van der Waals surface area contributed by atoms with Gasteiger partial charge in [-0.1, -0.05) is 43.2 Å². The van der Waals surface area contributed by atoms with Gasteiger partial charge in [0.25, 0.3) is 5.91 Å². The Hall–Kier alpha value is -2.17. The number of carbonyl (C=O) groups is 3. The largest absolute Gasteiger partial charge is 0.453 e. The van der Waals surface area contributed by atoms with Gasteiger partial charge in [0.05, 0.1) is 6.42 Å². The summed E-state index contributed by atoms with van der Waals surface area (Å²) in [5, 5.41) is 2.89. The molecular formula is C18H23NO4. The lowest BCUT2D eigenvalue weighted by Gasteiger charge is -2.17. The topological polar surface area (TPSA) is 72.5 Å². The van der Waals surface area contributed by atoms with Gasteiger partial charge in [0, 0.05) is 18.0 Å². The minimum Gasteiger partial charge on any atom is -0.453 e. The van der Waals surface area contributed by atoms with Crippen LogP contribution in [-0.4, -0.2) is 29.8 Å². The molecule has 1 aliphatic rings. The fraction of sp³-hybridized carbons (Fsp3) is 0.500. The molecule has 0 radical (unpaired) electrons. The van der Waals surface area contributed by atoms with Crippen LogP contribution in [0.2, 0.25) is 0 Å². The summed E-state index contributed by atoms with van der Waals surface area (Å²) in [5.74, 6) is -0.895. The van der Waals surface area contributed by atoms with Gasteiger partial charge >= 0.3 is 5.97 Å². The number of carbonyl (C=O) groups excluding carboxylic acids is 3. The molecule has 1 aliphatic carbocycles. The summed E-state index contributed by atoms with van der Waals surface area (Å²) < 4.78 is 5.11. The van der Waals surface area contributed by atoms with Gasteiger partial charge in [-0.25, -0.2) is 0 Å². The number of benzene rings is 1. The Morgan fingerprint density at radius 1 is 1.13 bits per heavy atom. The summed E-state index contributed by atoms with van der Waals surface area (Å²) in [5.41, 5.74) is 0.576. The number of Topliss-reactive ketones (excluding diaryl/α,β-unsaturated/α-hetero) is 1. The van der Waals surface area contributed by atoms with Crippen molar-refractivity contribution in [1.29, 1.82) is 0 Å². The molecule has 0 spiro atoms. The summed E-state index contributed by atoms with van der Waals surface area (Å²) in [6.45, 7) is 1.56. The molecule has 0 heterocycles. The van der Waals surface area contributed by atoms with Crippen molar-refractivity contribution < 1.29 is 19.1 Å². The van der Waals surface area contributed by atoms with Gasteiger partial charge in [-0.2, -0.15) is 0 Å². The van der Waals surface area contributed by atoms with Crippen molar-refractivity contribution >= 4 is 17.7 Å². The van der Waals surface area contributed by atoms with Gasteiger partial charge in [0.2, 0.25) is 0 Å². The molecule has 0 saturated heterocycles. The van der Waals surface area contributed by atoms with Crippen LogP contribution >= 0.6 is 0 Å². The Morgan fingerprint density at radius 3 is 2.43 bits per heavy atom. The number of rotatable bonds is 7. The van der Waals surface area contributed by atoms with Crippen molar-refractivity contribution in [2.75, 3.05) is 0 Å². The van der Waals surface area contributed by atoms with Crippen molar-refractivity contribution in [1.82, 2.24) is 5.32 Å². The third-order valence-corrected chi connectivity index (χ3v) is 4.03. The van der Waals surface area contributed by atoms with E-state index in [2.05, 4.69) is 5.32 Å². The lowest BCUT2D eigenvalue weighted by Crippen LogP contribution is -2.40. The van der Waals surface area contributed by atoms with Crippen LogP contribution in [0.15, 0.2) is 30.3 Å². The summed E-state index contributed by atoms with van der Waals surface area (Å²) >= 11 is 0. The summed E-state index contributed by atoms with van der Waals surface area (Å²) in [6.07, 6.45) is 3.46. The highest BCUT2D eigenvalue weighted by Crippen LogP contribution is 2.17. The van der Waals surface area contributed by atoms with Crippen molar-refractivity contribution in [3.63, 3.8) is 0 Å². The first-order valence-corrected chi connectivity index (χ1v) is 8.14. The SMILES string of the molecule is C[C@@H](OC(=O)CCC(=O)c1ccccc1)C(=O)NC1CCCC1. The Balaban J connectivity index is 1.71. The molecule has 1 aromatic rings. The van der Waals surface area contributed by atoms with Crippen molar-refractivity contribution in [2.24, 2.45) is 0 Å². The molecule has 1 amide bonds. The standard InChI is InChI=1S/C18H23NO4/c1-13(18(22)19-15-9-5-6-10-15)23-17(21)12-11-16(20)14-7-3-2-4-8-14/h2-4,7-8,13,15H,5-6,9-12H2,1H3,(H,19,22)/t13-/m1/s1. The van der Waals surface area contributed by atoms with Crippen LogP contribution in [0, 0.1) is 0 Å². The van der Waals surface area contributed by atoms with Crippen LogP contribution in [0.5, 0.6) is 0 Å². The van der Waals surface area contributed by atoms with Crippen molar-refractivity contribution in [2.45, 2.75) is 57.6 Å². The van der Waals surface area contributed by atoms with Gasteiger partial charge in [0.15, 0.2) is 11.9 Å². The van der Waals surface area contributed by atoms with Gasteiger partial charge in [-0.3, -0.25) is 14.4 Å². The molecule has 1 saturated carbocycles. The summed E-state index contributed by atoms with van der Waals surface area (Å²) in [7, 11) is 0. The second-order valence-corrected chi connectivity index (χ2v) is 5.91. The molecule has 1 N–H and O–H groups in total. The van der Waals surface area contributed by atoms with Gasteiger partial charge in [-0.15, -0.1) is 0 Å². The molecule has 124 valence electrons. The Kier molecular flexibility index (Phi) is 6.32. The van der Waals surface area contributed by atoms with E-state index in [4.69, 9.17) is 4.74 Å². The maximum Gasteiger partial charge on any atom is 0.307 e. The molecule has 0 aliphatic heterocycles. The summed E-state index contributed by atoms with van der Waals surface area (Å²) in [4.78, 5) is 35.6. The smallest absolute Gasteiger partial charge is 0.307 e. The third kappa shape index (κ3) is 5.51. The van der Waals surface area contributed by atoms with Gasteiger partial charge in [0.1, 0.15) is 0 Å². The number of ketones is 1. The van der Waals surface area contributed by atoms with Crippen LogP contribution in [-0.2, 0) is 14.3 Å². The van der Waals surface area contributed by atoms with E-state index in [0.717, 1.165) is 25.7 Å². The van der Waals surface area contributed by atoms with Gasteiger partial charge in [-0.05, 0) is 19.8 Å². The molecule has 0 unspecified atom stereocenters. The maximum atomic E-state index is 11.9. The van der Waals surface area contributed by atoms with Crippen molar-refractivity contribution in [3.8, 4) is 0 Å². The number of ether oxygens (including phenoxy) is 1. The molecule has 5 heteroatoms. The normalized spacial score (nSPS) is 15.9. The monoisotopic (exact) mass is 317 g/mol. The molecular weight excluding hydrogens is 294 g/mol. The first-order valence-electron chi connectivity index (χ1n) is 8.14. The van der Waals surface area contributed by atoms with Crippen LogP contribution < -0.4 is 5.32 Å². The molecule has 1 fully saturated rings. The predicted molar refractivity (Wildman–Crippen MR) is 86.0 cm³/mol. The number of nitrogens with one attached hydrogen (secondary N) is 1. The lowest BCUT2D eigenvalue weighted by molar-refractivity contribution is -0.155. The Labute approximate surface area is 136 Å². The van der Waals surface area contributed by atoms with E-state index in [1.165, 1.54) is 0 Å². The maximum absolute atomic E-state index is 11.9. The first kappa shape index (κ1) is 17.2. The molecule has 1 aromatic carbocycles. The highest BCUT2D eigenvalue weighted by molar-refractivity contribution is 5.97. The van der Waals surface area contributed by atoms with Crippen LogP contribution in [0.1, 0.15) is 55.8 Å². The van der Waals surface area contributed by atoms with E-state index in [9.17, 15) is 14.4 Å². The molecule has 1 atom stereocenters. The first-order chi connectivity index (χ1) is 11.1. The summed E-state index contributed by atoms with van der Waals surface area (Å²) in [6, 6.07) is 9.01. The Morgan fingerprint density at radius 2 is 1.78 bits per heavy atom.